The van der Waals surface area contributed by atoms with E-state index in [0.717, 1.165) is 4.57 Å². The number of imidazole rings is 1. The van der Waals surface area contributed by atoms with Gasteiger partial charge in [-0.25, -0.2) is 4.79 Å². The van der Waals surface area contributed by atoms with Crippen LogP contribution in [-0.2, 0) is 20.1 Å². The van der Waals surface area contributed by atoms with Gasteiger partial charge in [-0.15, -0.1) is 5.92 Å². The topological polar surface area (TPSA) is 115 Å². The van der Waals surface area contributed by atoms with Crippen LogP contribution in [0.4, 0.5) is 5.95 Å². The Morgan fingerprint density at radius 1 is 1.26 bits per heavy atom. The average Bonchev–Trinajstić information content (AvgIpc) is 3.13. The Kier molecular flexibility index (Phi) is 6.28. The monoisotopic (exact) mass is 419 g/mol. The number of nitrogens with zero attached hydrogens (tertiary/aromatic N) is 6. The third-order valence-electron chi connectivity index (χ3n) is 5.00. The van der Waals surface area contributed by atoms with Gasteiger partial charge in [-0.05, 0) is 25.5 Å². The molecule has 0 saturated heterocycles. The summed E-state index contributed by atoms with van der Waals surface area (Å²) < 4.78 is 4.19. The average molecular weight is 419 g/mol. The van der Waals surface area contributed by atoms with Crippen LogP contribution in [0.3, 0.4) is 0 Å². The number of anilines is 1. The molecule has 2 N–H and O–H groups in total. The maximum absolute atomic E-state index is 13.5. The molecule has 0 unspecified atom stereocenters. The lowest BCUT2D eigenvalue weighted by Gasteiger charge is -2.20. The molecule has 0 aliphatic rings. The molecule has 1 atom stereocenters. The molecule has 2 heterocycles. The molecule has 0 aliphatic carbocycles. The van der Waals surface area contributed by atoms with E-state index in [-0.39, 0.29) is 30.3 Å². The largest absolute Gasteiger partial charge is 0.344 e. The van der Waals surface area contributed by atoms with Gasteiger partial charge >= 0.3 is 5.69 Å². The summed E-state index contributed by atoms with van der Waals surface area (Å²) in [5.41, 5.74) is 6.54. The summed E-state index contributed by atoms with van der Waals surface area (Å²) in [4.78, 5) is 32.9. The summed E-state index contributed by atoms with van der Waals surface area (Å²) in [6.07, 6.45) is 0. The zero-order valence-electron chi connectivity index (χ0n) is 18.1. The summed E-state index contributed by atoms with van der Waals surface area (Å²) in [5.74, 6) is 6.33. The number of hydrogen-bond donors (Lipinski definition) is 1. The number of aromatic nitrogens is 4. The fourth-order valence-electron chi connectivity index (χ4n) is 3.55. The first kappa shape index (κ1) is 21.9. The van der Waals surface area contributed by atoms with E-state index in [4.69, 9.17) is 5.73 Å². The summed E-state index contributed by atoms with van der Waals surface area (Å²) in [7, 11) is 3.41. The van der Waals surface area contributed by atoms with Gasteiger partial charge in [-0.3, -0.25) is 18.5 Å². The molecule has 1 aromatic carbocycles. The molecular formula is C22H25N7O2. The fourth-order valence-corrected chi connectivity index (χ4v) is 3.55. The van der Waals surface area contributed by atoms with Crippen molar-refractivity contribution in [3.05, 3.63) is 56.2 Å². The van der Waals surface area contributed by atoms with E-state index in [1.54, 1.807) is 42.8 Å². The number of rotatable bonds is 6. The molecule has 0 saturated carbocycles. The first-order valence-corrected chi connectivity index (χ1v) is 9.84. The van der Waals surface area contributed by atoms with Gasteiger partial charge in [0.25, 0.3) is 5.56 Å². The number of aryl methyl sites for hydroxylation is 1. The Morgan fingerprint density at radius 2 is 1.97 bits per heavy atom. The van der Waals surface area contributed by atoms with Crippen molar-refractivity contribution in [3.63, 3.8) is 0 Å². The molecular weight excluding hydrogens is 394 g/mol. The summed E-state index contributed by atoms with van der Waals surface area (Å²) in [5, 5.41) is 9.37. The molecule has 3 rings (SSSR count). The first-order valence-electron chi connectivity index (χ1n) is 9.84. The Labute approximate surface area is 179 Å². The minimum absolute atomic E-state index is 0.0131. The fraction of sp³-hybridized carbons (Fsp3) is 0.364. The van der Waals surface area contributed by atoms with E-state index in [1.807, 2.05) is 18.9 Å². The molecule has 160 valence electrons. The standard InChI is InChI=1S/C22H25N7O2/c1-5-6-11-28-18-19(25-21(28)26(3)13-15(2)24)27(4)22(31)29(20(18)30)14-17-10-8-7-9-16(17)12-23/h7-10,15H,11,13-14,24H2,1-4H3/t15-/m0/s1. The van der Waals surface area contributed by atoms with Gasteiger partial charge in [0.2, 0.25) is 5.95 Å². The van der Waals surface area contributed by atoms with Crippen LogP contribution >= 0.6 is 0 Å². The highest BCUT2D eigenvalue weighted by Crippen LogP contribution is 2.19. The normalized spacial score (nSPS) is 11.6. The predicted molar refractivity (Wildman–Crippen MR) is 120 cm³/mol. The maximum Gasteiger partial charge on any atom is 0.332 e. The molecule has 3 aromatic rings. The van der Waals surface area contributed by atoms with Crippen molar-refractivity contribution in [3.8, 4) is 17.9 Å². The lowest BCUT2D eigenvalue weighted by molar-refractivity contribution is 0.653. The van der Waals surface area contributed by atoms with Crippen molar-refractivity contribution in [2.45, 2.75) is 33.0 Å². The molecule has 0 amide bonds. The van der Waals surface area contributed by atoms with Crippen LogP contribution in [0, 0.1) is 23.2 Å². The van der Waals surface area contributed by atoms with Gasteiger partial charge in [0.15, 0.2) is 11.2 Å². The van der Waals surface area contributed by atoms with Crippen LogP contribution in [0.25, 0.3) is 11.2 Å². The van der Waals surface area contributed by atoms with Crippen molar-refractivity contribution in [1.82, 2.24) is 18.7 Å². The summed E-state index contributed by atoms with van der Waals surface area (Å²) >= 11 is 0. The van der Waals surface area contributed by atoms with Crippen LogP contribution in [0.5, 0.6) is 0 Å². The quantitative estimate of drug-likeness (QED) is 0.586. The van der Waals surface area contributed by atoms with E-state index in [0.29, 0.717) is 23.6 Å². The SMILES string of the molecule is CC#CCn1c(N(C)C[C@H](C)N)nc2c1c(=O)n(Cc1ccccc1C#N)c(=O)n2C. The highest BCUT2D eigenvalue weighted by atomic mass is 16.2. The summed E-state index contributed by atoms with van der Waals surface area (Å²) in [6, 6.07) is 8.89. The lowest BCUT2D eigenvalue weighted by Crippen LogP contribution is -2.40. The van der Waals surface area contributed by atoms with Crippen molar-refractivity contribution >= 4 is 17.1 Å². The Morgan fingerprint density at radius 3 is 2.61 bits per heavy atom. The zero-order chi connectivity index (χ0) is 22.7. The van der Waals surface area contributed by atoms with Crippen LogP contribution in [0.1, 0.15) is 25.0 Å². The van der Waals surface area contributed by atoms with Crippen molar-refractivity contribution in [2.24, 2.45) is 12.8 Å². The Balaban J connectivity index is 2.29. The Bertz CT molecular complexity index is 1340. The second-order valence-electron chi connectivity index (χ2n) is 7.46. The number of likely N-dealkylation sites (N-methyl/N-ethyl adjacent to an activating group) is 1. The molecule has 0 aliphatic heterocycles. The van der Waals surface area contributed by atoms with Crippen LogP contribution in [0.15, 0.2) is 33.9 Å². The number of nitriles is 1. The number of hydrogen-bond acceptors (Lipinski definition) is 6. The van der Waals surface area contributed by atoms with Crippen molar-refractivity contribution in [2.75, 3.05) is 18.5 Å². The highest BCUT2D eigenvalue weighted by molar-refractivity contribution is 5.74. The van der Waals surface area contributed by atoms with Gasteiger partial charge in [-0.1, -0.05) is 24.1 Å². The Hall–Kier alpha value is -3.82. The van der Waals surface area contributed by atoms with Gasteiger partial charge in [0, 0.05) is 26.7 Å². The predicted octanol–water partition coefficient (Wildman–Crippen LogP) is 0.623. The van der Waals surface area contributed by atoms with Crippen LogP contribution in [-0.4, -0.2) is 38.3 Å². The smallest absolute Gasteiger partial charge is 0.332 e. The van der Waals surface area contributed by atoms with E-state index < -0.39 is 11.2 Å². The number of nitrogens with two attached hydrogens (primary N) is 1. The maximum atomic E-state index is 13.5. The molecule has 31 heavy (non-hydrogen) atoms. The second-order valence-corrected chi connectivity index (χ2v) is 7.46. The van der Waals surface area contributed by atoms with Gasteiger partial charge in [0.05, 0.1) is 24.7 Å². The number of fused-ring (bicyclic) bond motifs is 1. The number of benzene rings is 1. The molecule has 0 spiro atoms. The van der Waals surface area contributed by atoms with Gasteiger partial charge in [-0.2, -0.15) is 10.2 Å². The third kappa shape index (κ3) is 4.09. The van der Waals surface area contributed by atoms with Gasteiger partial charge in [0.1, 0.15) is 0 Å². The highest BCUT2D eigenvalue weighted by Gasteiger charge is 2.22. The molecule has 2 aromatic heterocycles. The molecule has 9 nitrogen and oxygen atoms in total. The van der Waals surface area contributed by atoms with E-state index in [2.05, 4.69) is 22.9 Å². The first-order chi connectivity index (χ1) is 14.8. The second kappa shape index (κ2) is 8.90. The van der Waals surface area contributed by atoms with Crippen molar-refractivity contribution < 1.29 is 0 Å². The molecule has 0 fully saturated rings. The lowest BCUT2D eigenvalue weighted by atomic mass is 10.1. The minimum atomic E-state index is -0.502. The summed E-state index contributed by atoms with van der Waals surface area (Å²) in [6.45, 7) is 4.34. The minimum Gasteiger partial charge on any atom is -0.344 e. The van der Waals surface area contributed by atoms with Crippen molar-refractivity contribution in [1.29, 1.82) is 5.26 Å². The van der Waals surface area contributed by atoms with E-state index >= 15 is 0 Å². The third-order valence-corrected chi connectivity index (χ3v) is 5.00. The van der Waals surface area contributed by atoms with E-state index in [1.165, 1.54) is 4.57 Å². The van der Waals surface area contributed by atoms with Crippen LogP contribution in [0.2, 0.25) is 0 Å². The van der Waals surface area contributed by atoms with Gasteiger partial charge < -0.3 is 10.6 Å². The zero-order valence-corrected chi connectivity index (χ0v) is 18.1. The van der Waals surface area contributed by atoms with E-state index in [9.17, 15) is 14.9 Å². The molecule has 9 heteroatoms. The van der Waals surface area contributed by atoms with Crippen LogP contribution < -0.4 is 21.9 Å². The molecule has 0 bridgehead atoms. The molecule has 0 radical (unpaired) electrons.